The van der Waals surface area contributed by atoms with Crippen LogP contribution in [-0.2, 0) is 16.0 Å². The normalized spacial score (nSPS) is 18.9. The minimum Gasteiger partial charge on any atom is -0.476 e. The van der Waals surface area contributed by atoms with E-state index in [0.29, 0.717) is 6.42 Å². The molecule has 0 saturated carbocycles. The lowest BCUT2D eigenvalue weighted by atomic mass is 10.2. The molecule has 12 heteroatoms. The Bertz CT molecular complexity index is 1000. The fourth-order valence-electron chi connectivity index (χ4n) is 3.15. The van der Waals surface area contributed by atoms with Crippen LogP contribution in [0.2, 0.25) is 0 Å². The number of halogens is 3. The van der Waals surface area contributed by atoms with Gasteiger partial charge in [0, 0.05) is 12.6 Å². The summed E-state index contributed by atoms with van der Waals surface area (Å²) in [6, 6.07) is 3.71. The Morgan fingerprint density at radius 2 is 2.07 bits per heavy atom. The summed E-state index contributed by atoms with van der Waals surface area (Å²) in [7, 11) is -3.23. The number of hydrogen-bond acceptors (Lipinski definition) is 6. The first kappa shape index (κ1) is 20.1. The van der Waals surface area contributed by atoms with Gasteiger partial charge >= 0.3 is 12.1 Å². The third-order valence-electron chi connectivity index (χ3n) is 4.46. The zero-order valence-corrected chi connectivity index (χ0v) is 15.5. The zero-order chi connectivity index (χ0) is 20.7. The zero-order valence-electron chi connectivity index (χ0n) is 14.7. The first-order valence-electron chi connectivity index (χ1n) is 8.37. The van der Waals surface area contributed by atoms with Crippen LogP contribution in [0, 0.1) is 0 Å². The summed E-state index contributed by atoms with van der Waals surface area (Å²) in [5.74, 6) is -1.64. The van der Waals surface area contributed by atoms with E-state index >= 15 is 0 Å². The van der Waals surface area contributed by atoms with Crippen molar-refractivity contribution < 1.29 is 31.5 Å². The van der Waals surface area contributed by atoms with Crippen molar-refractivity contribution in [1.82, 2.24) is 15.0 Å². The van der Waals surface area contributed by atoms with E-state index in [-0.39, 0.29) is 29.6 Å². The number of carboxylic acids is 1. The number of alkyl halides is 3. The van der Waals surface area contributed by atoms with Gasteiger partial charge in [-0.15, -0.1) is 15.0 Å². The Balaban J connectivity index is 2.04. The molecule has 1 aliphatic rings. The molecule has 1 aliphatic heterocycles. The number of aromatic nitrogens is 3. The highest BCUT2D eigenvalue weighted by Crippen LogP contribution is 2.31. The molecule has 3 rings (SSSR count). The Kier molecular flexibility index (Phi) is 5.08. The van der Waals surface area contributed by atoms with Crippen molar-refractivity contribution in [2.24, 2.45) is 0 Å². The Hall–Kier alpha value is -2.63. The van der Waals surface area contributed by atoms with Gasteiger partial charge in [0.25, 0.3) is 0 Å². The smallest absolute Gasteiger partial charge is 0.416 e. The number of benzene rings is 1. The van der Waals surface area contributed by atoms with E-state index in [9.17, 15) is 31.5 Å². The summed E-state index contributed by atoms with van der Waals surface area (Å²) in [6.45, 7) is 1.97. The number of aromatic carboxylic acids is 1. The molecule has 1 aromatic carbocycles. The van der Waals surface area contributed by atoms with Crippen LogP contribution >= 0.6 is 0 Å². The molecule has 0 amide bonds. The third kappa shape index (κ3) is 3.96. The summed E-state index contributed by atoms with van der Waals surface area (Å²) in [4.78, 5) is 14.0. The van der Waals surface area contributed by atoms with Gasteiger partial charge in [0.15, 0.2) is 15.7 Å². The van der Waals surface area contributed by atoms with E-state index in [1.165, 1.54) is 17.0 Å². The topological polar surface area (TPSA) is 105 Å². The van der Waals surface area contributed by atoms with Crippen molar-refractivity contribution in [3.63, 3.8) is 0 Å². The van der Waals surface area contributed by atoms with E-state index < -0.39 is 39.3 Å². The van der Waals surface area contributed by atoms with Gasteiger partial charge in [-0.1, -0.05) is 6.07 Å². The van der Waals surface area contributed by atoms with Crippen LogP contribution in [0.25, 0.3) is 5.69 Å². The number of anilines is 1. The average molecular weight is 418 g/mol. The Morgan fingerprint density at radius 3 is 2.61 bits per heavy atom. The number of hydrogen-bond donors (Lipinski definition) is 1. The van der Waals surface area contributed by atoms with Crippen LogP contribution in [0.15, 0.2) is 24.3 Å². The van der Waals surface area contributed by atoms with Crippen molar-refractivity contribution in [2.45, 2.75) is 25.6 Å². The maximum atomic E-state index is 12.9. The molecular formula is C16H17F3N4O4S. The summed E-state index contributed by atoms with van der Waals surface area (Å²) in [5, 5.41) is 17.4. The highest BCUT2D eigenvalue weighted by atomic mass is 32.2. The molecule has 1 N–H and O–H groups in total. The van der Waals surface area contributed by atoms with Crippen molar-refractivity contribution in [1.29, 1.82) is 0 Å². The van der Waals surface area contributed by atoms with Gasteiger partial charge < -0.3 is 10.0 Å². The van der Waals surface area contributed by atoms with E-state index in [1.807, 2.05) is 0 Å². The van der Waals surface area contributed by atoms with Gasteiger partial charge in [-0.3, -0.25) is 0 Å². The van der Waals surface area contributed by atoms with Gasteiger partial charge in [0.2, 0.25) is 5.69 Å². The van der Waals surface area contributed by atoms with E-state index in [0.717, 1.165) is 16.9 Å². The molecule has 0 spiro atoms. The second-order valence-corrected chi connectivity index (χ2v) is 8.59. The van der Waals surface area contributed by atoms with E-state index in [2.05, 4.69) is 10.2 Å². The molecule has 1 saturated heterocycles. The molecule has 152 valence electrons. The van der Waals surface area contributed by atoms with Crippen LogP contribution in [0.1, 0.15) is 29.4 Å². The lowest BCUT2D eigenvalue weighted by molar-refractivity contribution is -0.137. The summed E-state index contributed by atoms with van der Waals surface area (Å²) < 4.78 is 62.4. The quantitative estimate of drug-likeness (QED) is 0.792. The number of sulfone groups is 1. The average Bonchev–Trinajstić information content (AvgIpc) is 3.19. The monoisotopic (exact) mass is 418 g/mol. The highest BCUT2D eigenvalue weighted by Gasteiger charge is 2.36. The van der Waals surface area contributed by atoms with Gasteiger partial charge in [0.1, 0.15) is 0 Å². The number of carbonyl (C=O) groups is 1. The second-order valence-electron chi connectivity index (χ2n) is 6.36. The van der Waals surface area contributed by atoms with Gasteiger partial charge in [-0.2, -0.15) is 13.2 Å². The molecule has 8 nitrogen and oxygen atoms in total. The van der Waals surface area contributed by atoms with Crippen molar-refractivity contribution >= 4 is 21.6 Å². The fraction of sp³-hybridized carbons (Fsp3) is 0.438. The predicted octanol–water partition coefficient (Wildman–Crippen LogP) is 2.00. The molecule has 1 unspecified atom stereocenters. The Labute approximate surface area is 158 Å². The summed E-state index contributed by atoms with van der Waals surface area (Å²) in [6.07, 6.45) is -4.26. The van der Waals surface area contributed by atoms with Gasteiger partial charge in [0.05, 0.1) is 22.8 Å². The first-order valence-corrected chi connectivity index (χ1v) is 10.2. The lowest BCUT2D eigenvalue weighted by Gasteiger charge is -2.26. The van der Waals surface area contributed by atoms with Crippen LogP contribution in [0.3, 0.4) is 0 Å². The fourth-order valence-corrected chi connectivity index (χ4v) is 4.89. The molecule has 1 fully saturated rings. The summed E-state index contributed by atoms with van der Waals surface area (Å²) in [5.41, 5.74) is -1.43. The largest absolute Gasteiger partial charge is 0.476 e. The minimum atomic E-state index is -4.57. The predicted molar refractivity (Wildman–Crippen MR) is 93.4 cm³/mol. The maximum Gasteiger partial charge on any atom is 0.416 e. The van der Waals surface area contributed by atoms with Crippen LogP contribution in [0.4, 0.5) is 19.0 Å². The molecule has 2 heterocycles. The van der Waals surface area contributed by atoms with Crippen molar-refractivity contribution in [3.8, 4) is 5.69 Å². The maximum absolute atomic E-state index is 12.9. The van der Waals surface area contributed by atoms with Gasteiger partial charge in [-0.05, 0) is 31.5 Å². The standard InChI is InChI=1S/C16H17F3N4O4S/c1-2-22(12-6-7-28(26,27)9-12)14-13(15(24)25)20-23(21-14)11-5-3-4-10(8-11)16(17,18)19/h3-5,8,12H,2,6-7,9H2,1H3,(H,24,25). The molecule has 0 bridgehead atoms. The molecule has 0 aliphatic carbocycles. The number of rotatable bonds is 5. The lowest BCUT2D eigenvalue weighted by Crippen LogP contribution is -2.37. The van der Waals surface area contributed by atoms with Crippen molar-refractivity contribution in [3.05, 3.63) is 35.5 Å². The molecule has 1 atom stereocenters. The van der Waals surface area contributed by atoms with Crippen molar-refractivity contribution in [2.75, 3.05) is 23.0 Å². The highest BCUT2D eigenvalue weighted by molar-refractivity contribution is 7.91. The van der Waals surface area contributed by atoms with Crippen LogP contribution in [0.5, 0.6) is 0 Å². The molecular weight excluding hydrogens is 401 g/mol. The van der Waals surface area contributed by atoms with E-state index in [1.54, 1.807) is 6.92 Å². The molecule has 28 heavy (non-hydrogen) atoms. The SMILES string of the molecule is CCN(c1nn(-c2cccc(C(F)(F)F)c2)nc1C(=O)O)C1CCS(=O)(=O)C1. The number of nitrogens with zero attached hydrogens (tertiary/aromatic N) is 4. The van der Waals surface area contributed by atoms with E-state index in [4.69, 9.17) is 0 Å². The summed E-state index contributed by atoms with van der Waals surface area (Å²) >= 11 is 0. The molecule has 0 radical (unpaired) electrons. The first-order chi connectivity index (χ1) is 13.0. The molecule has 1 aromatic heterocycles. The Morgan fingerprint density at radius 1 is 1.36 bits per heavy atom. The number of carboxylic acid groups (broad SMARTS) is 1. The second kappa shape index (κ2) is 7.08. The van der Waals surface area contributed by atoms with Crippen LogP contribution < -0.4 is 4.90 Å². The third-order valence-corrected chi connectivity index (χ3v) is 6.22. The minimum absolute atomic E-state index is 0.0155. The van der Waals surface area contributed by atoms with Gasteiger partial charge in [-0.25, -0.2) is 13.2 Å². The van der Waals surface area contributed by atoms with Crippen LogP contribution in [-0.4, -0.2) is 58.6 Å². The molecule has 2 aromatic rings.